The highest BCUT2D eigenvalue weighted by Crippen LogP contribution is 2.28. The molecule has 9 heteroatoms. The Morgan fingerprint density at radius 3 is 2.59 bits per heavy atom. The minimum Gasteiger partial charge on any atom is -0.489 e. The van der Waals surface area contributed by atoms with E-state index in [0.29, 0.717) is 22.9 Å². The molecule has 0 fully saturated rings. The van der Waals surface area contributed by atoms with Gasteiger partial charge >= 0.3 is 5.97 Å². The first kappa shape index (κ1) is 21.5. The highest BCUT2D eigenvalue weighted by molar-refractivity contribution is 6.32. The van der Waals surface area contributed by atoms with E-state index in [0.717, 1.165) is 5.56 Å². The van der Waals surface area contributed by atoms with E-state index < -0.39 is 10.9 Å². The molecule has 1 aliphatic heterocycles. The second-order valence-electron chi connectivity index (χ2n) is 6.75. The Morgan fingerprint density at radius 2 is 1.84 bits per heavy atom. The molecule has 160 valence electrons. The first-order valence-electron chi connectivity index (χ1n) is 9.33. The highest BCUT2D eigenvalue weighted by atomic mass is 35.5. The van der Waals surface area contributed by atoms with Gasteiger partial charge in [0.15, 0.2) is 5.70 Å². The number of aliphatic imine (C=N–C) groups is 1. The van der Waals surface area contributed by atoms with Crippen LogP contribution in [0.3, 0.4) is 0 Å². The third-order valence-electron chi connectivity index (χ3n) is 4.49. The van der Waals surface area contributed by atoms with E-state index in [9.17, 15) is 14.9 Å². The molecule has 3 aromatic rings. The number of carbonyl (C=O) groups is 1. The summed E-state index contributed by atoms with van der Waals surface area (Å²) in [5.74, 6) is -0.0839. The lowest BCUT2D eigenvalue weighted by atomic mass is 10.2. The van der Waals surface area contributed by atoms with Crippen molar-refractivity contribution >= 4 is 46.8 Å². The van der Waals surface area contributed by atoms with Crippen LogP contribution in [-0.2, 0) is 16.1 Å². The smallest absolute Gasteiger partial charge is 0.363 e. The summed E-state index contributed by atoms with van der Waals surface area (Å²) in [6, 6.07) is 18.5. The molecular weight excluding hydrogens is 455 g/mol. The van der Waals surface area contributed by atoms with Crippen LogP contribution in [0, 0.1) is 10.1 Å². The van der Waals surface area contributed by atoms with Gasteiger partial charge in [-0.3, -0.25) is 10.1 Å². The second-order valence-corrected chi connectivity index (χ2v) is 7.59. The van der Waals surface area contributed by atoms with Crippen molar-refractivity contribution in [2.24, 2.45) is 4.99 Å². The monoisotopic (exact) mass is 468 g/mol. The number of rotatable bonds is 6. The molecule has 7 nitrogen and oxygen atoms in total. The Hall–Kier alpha value is -3.68. The summed E-state index contributed by atoms with van der Waals surface area (Å²) in [5.41, 5.74) is 1.68. The van der Waals surface area contributed by atoms with Crippen molar-refractivity contribution in [2.75, 3.05) is 0 Å². The van der Waals surface area contributed by atoms with Crippen LogP contribution in [0.15, 0.2) is 77.4 Å². The van der Waals surface area contributed by atoms with Crippen molar-refractivity contribution in [3.63, 3.8) is 0 Å². The molecule has 0 spiro atoms. The van der Waals surface area contributed by atoms with Gasteiger partial charge in [-0.15, -0.1) is 0 Å². The topological polar surface area (TPSA) is 91.0 Å². The van der Waals surface area contributed by atoms with Gasteiger partial charge < -0.3 is 9.47 Å². The summed E-state index contributed by atoms with van der Waals surface area (Å²) in [4.78, 5) is 26.9. The van der Waals surface area contributed by atoms with Crippen LogP contribution in [0.5, 0.6) is 5.75 Å². The number of carbonyl (C=O) groups excluding carboxylic acids is 1. The minimum atomic E-state index is -0.662. The second kappa shape index (κ2) is 9.21. The third kappa shape index (κ3) is 4.96. The minimum absolute atomic E-state index is 0.0187. The Morgan fingerprint density at radius 1 is 1.06 bits per heavy atom. The zero-order chi connectivity index (χ0) is 22.7. The normalized spacial score (nSPS) is 14.2. The molecule has 32 heavy (non-hydrogen) atoms. The molecule has 0 saturated heterocycles. The molecule has 0 atom stereocenters. The number of hydrogen-bond donors (Lipinski definition) is 0. The molecule has 3 aromatic carbocycles. The van der Waals surface area contributed by atoms with Gasteiger partial charge in [-0.1, -0.05) is 47.5 Å². The summed E-state index contributed by atoms with van der Waals surface area (Å²) in [7, 11) is 0. The fourth-order valence-corrected chi connectivity index (χ4v) is 3.23. The molecular formula is C23H14Cl2N2O5. The quantitative estimate of drug-likeness (QED) is 0.196. The number of nitro groups is 1. The molecule has 4 rings (SSSR count). The Balaban J connectivity index is 1.53. The van der Waals surface area contributed by atoms with Gasteiger partial charge in [0.2, 0.25) is 5.90 Å². The predicted molar refractivity (Wildman–Crippen MR) is 121 cm³/mol. The van der Waals surface area contributed by atoms with E-state index in [2.05, 4.69) is 4.99 Å². The average molecular weight is 469 g/mol. The van der Waals surface area contributed by atoms with E-state index in [-0.39, 0.29) is 27.9 Å². The summed E-state index contributed by atoms with van der Waals surface area (Å²) in [6.07, 6.45) is 1.55. The number of esters is 1. The number of nitro benzene ring substituents is 1. The van der Waals surface area contributed by atoms with Crippen molar-refractivity contribution in [3.8, 4) is 5.75 Å². The van der Waals surface area contributed by atoms with Gasteiger partial charge in [-0.25, -0.2) is 9.79 Å². The molecule has 0 N–H and O–H groups in total. The molecule has 0 aliphatic carbocycles. The number of halogens is 2. The fourth-order valence-electron chi connectivity index (χ4n) is 2.92. The number of ether oxygens (including phenoxy) is 2. The SMILES string of the molecule is O=C1OC(c2ccc(Cl)c([N+](=O)[O-])c2)=N/C1=C\c1cccc(OCc2ccc(Cl)cc2)c1. The molecule has 1 heterocycles. The summed E-state index contributed by atoms with van der Waals surface area (Å²) in [5, 5.41) is 11.7. The van der Waals surface area contributed by atoms with E-state index in [4.69, 9.17) is 32.7 Å². The lowest BCUT2D eigenvalue weighted by molar-refractivity contribution is -0.384. The lowest BCUT2D eigenvalue weighted by Crippen LogP contribution is -2.06. The molecule has 0 radical (unpaired) electrons. The highest BCUT2D eigenvalue weighted by Gasteiger charge is 2.26. The van der Waals surface area contributed by atoms with Crippen LogP contribution in [0.25, 0.3) is 6.08 Å². The predicted octanol–water partition coefficient (Wildman–Crippen LogP) is 5.83. The zero-order valence-corrected chi connectivity index (χ0v) is 17.8. The van der Waals surface area contributed by atoms with E-state index >= 15 is 0 Å². The Bertz CT molecular complexity index is 1270. The lowest BCUT2D eigenvalue weighted by Gasteiger charge is -2.07. The van der Waals surface area contributed by atoms with Gasteiger partial charge in [0, 0.05) is 16.7 Å². The van der Waals surface area contributed by atoms with Crippen LogP contribution in [0.4, 0.5) is 5.69 Å². The fraction of sp³-hybridized carbons (Fsp3) is 0.0435. The van der Waals surface area contributed by atoms with E-state index in [1.807, 2.05) is 12.1 Å². The van der Waals surface area contributed by atoms with Gasteiger partial charge in [0.25, 0.3) is 5.69 Å². The first-order chi connectivity index (χ1) is 15.4. The number of nitrogens with zero attached hydrogens (tertiary/aromatic N) is 2. The molecule has 0 aromatic heterocycles. The van der Waals surface area contributed by atoms with Gasteiger partial charge in [-0.2, -0.15) is 0 Å². The third-order valence-corrected chi connectivity index (χ3v) is 5.06. The number of hydrogen-bond acceptors (Lipinski definition) is 6. The van der Waals surface area contributed by atoms with Crippen molar-refractivity contribution in [2.45, 2.75) is 6.61 Å². The maximum Gasteiger partial charge on any atom is 0.363 e. The average Bonchev–Trinajstić information content (AvgIpc) is 3.14. The van der Waals surface area contributed by atoms with Crippen LogP contribution < -0.4 is 4.74 Å². The van der Waals surface area contributed by atoms with Gasteiger partial charge in [0.1, 0.15) is 17.4 Å². The molecule has 0 bridgehead atoms. The maximum absolute atomic E-state index is 12.3. The summed E-state index contributed by atoms with van der Waals surface area (Å²) < 4.78 is 11.0. The summed E-state index contributed by atoms with van der Waals surface area (Å²) >= 11 is 11.7. The Labute approximate surface area is 192 Å². The molecule has 0 amide bonds. The largest absolute Gasteiger partial charge is 0.489 e. The van der Waals surface area contributed by atoms with Crippen LogP contribution >= 0.6 is 23.2 Å². The van der Waals surface area contributed by atoms with Crippen molar-refractivity contribution in [3.05, 3.63) is 109 Å². The van der Waals surface area contributed by atoms with Crippen LogP contribution in [-0.4, -0.2) is 16.8 Å². The van der Waals surface area contributed by atoms with Crippen LogP contribution in [0.2, 0.25) is 10.0 Å². The van der Waals surface area contributed by atoms with Crippen molar-refractivity contribution in [1.29, 1.82) is 0 Å². The van der Waals surface area contributed by atoms with E-state index in [1.54, 1.807) is 42.5 Å². The summed E-state index contributed by atoms with van der Waals surface area (Å²) in [6.45, 7) is 0.358. The van der Waals surface area contributed by atoms with E-state index in [1.165, 1.54) is 18.2 Å². The standard InChI is InChI=1S/C23H14Cl2N2O5/c24-17-7-4-14(5-8-17)13-31-18-3-1-2-15(10-18)11-20-23(28)32-22(26-20)16-6-9-19(25)21(12-16)27(29)30/h1-12H,13H2/b20-11-. The maximum atomic E-state index is 12.3. The first-order valence-corrected chi connectivity index (χ1v) is 10.1. The number of cyclic esters (lactones) is 1. The molecule has 0 saturated carbocycles. The van der Waals surface area contributed by atoms with Gasteiger partial charge in [0.05, 0.1) is 4.92 Å². The molecule has 1 aliphatic rings. The van der Waals surface area contributed by atoms with Gasteiger partial charge in [-0.05, 0) is 53.6 Å². The van der Waals surface area contributed by atoms with Crippen molar-refractivity contribution < 1.29 is 19.2 Å². The van der Waals surface area contributed by atoms with Crippen molar-refractivity contribution in [1.82, 2.24) is 0 Å². The Kier molecular flexibility index (Phi) is 6.20. The zero-order valence-electron chi connectivity index (χ0n) is 16.3. The van der Waals surface area contributed by atoms with Crippen LogP contribution in [0.1, 0.15) is 16.7 Å². The molecule has 0 unspecified atom stereocenters. The number of benzene rings is 3.